The predicted octanol–water partition coefficient (Wildman–Crippen LogP) is 2.36. The Balaban J connectivity index is 2.05. The minimum Gasteiger partial charge on any atom is -0.381 e. The van der Waals surface area contributed by atoms with E-state index in [1.54, 1.807) is 24.3 Å². The fraction of sp³-hybridized carbons (Fsp3) is 0.529. The zero-order valence-corrected chi connectivity index (χ0v) is 13.4. The molecule has 3 N–H and O–H groups in total. The van der Waals surface area contributed by atoms with Gasteiger partial charge in [-0.15, -0.1) is 0 Å². The molecule has 0 atom stereocenters. The average molecular weight is 304 g/mol. The largest absolute Gasteiger partial charge is 0.381 e. The van der Waals surface area contributed by atoms with E-state index in [4.69, 9.17) is 10.5 Å². The Bertz CT molecular complexity index is 552. The van der Waals surface area contributed by atoms with Gasteiger partial charge in [-0.25, -0.2) is 0 Å². The maximum atomic E-state index is 12.3. The monoisotopic (exact) mass is 304 g/mol. The van der Waals surface area contributed by atoms with Crippen molar-refractivity contribution >= 4 is 17.4 Å². The summed E-state index contributed by atoms with van der Waals surface area (Å²) in [5, 5.41) is 2.83. The molecule has 0 saturated carbocycles. The lowest BCUT2D eigenvalue weighted by Crippen LogP contribution is -2.54. The number of carbonyl (C=O) groups is 2. The highest BCUT2D eigenvalue weighted by Crippen LogP contribution is 2.23. The molecule has 2 rings (SSSR count). The van der Waals surface area contributed by atoms with Crippen molar-refractivity contribution in [2.75, 3.05) is 18.5 Å². The van der Waals surface area contributed by atoms with Gasteiger partial charge in [0.2, 0.25) is 5.91 Å². The molecule has 1 aromatic carbocycles. The summed E-state index contributed by atoms with van der Waals surface area (Å²) in [5.41, 5.74) is 6.12. The maximum Gasteiger partial charge on any atom is 0.244 e. The smallest absolute Gasteiger partial charge is 0.244 e. The highest BCUT2D eigenvalue weighted by molar-refractivity contribution is 6.01. The Morgan fingerprint density at radius 3 is 2.18 bits per heavy atom. The molecule has 1 heterocycles. The molecule has 0 aliphatic carbocycles. The molecular formula is C17H24N2O3. The van der Waals surface area contributed by atoms with Crippen LogP contribution in [0.25, 0.3) is 0 Å². The molecular weight excluding hydrogens is 280 g/mol. The van der Waals surface area contributed by atoms with Crippen molar-refractivity contribution in [2.24, 2.45) is 11.1 Å². The Kier molecular flexibility index (Phi) is 4.68. The molecule has 1 amide bonds. The minimum absolute atomic E-state index is 0.0742. The number of nitrogens with one attached hydrogen (secondary N) is 1. The molecule has 5 nitrogen and oxygen atoms in total. The highest BCUT2D eigenvalue weighted by atomic mass is 16.5. The summed E-state index contributed by atoms with van der Waals surface area (Å²) >= 11 is 0. The number of hydrogen-bond acceptors (Lipinski definition) is 4. The number of carbonyl (C=O) groups excluding carboxylic acids is 2. The molecule has 5 heteroatoms. The fourth-order valence-corrected chi connectivity index (χ4v) is 2.36. The third-order valence-corrected chi connectivity index (χ3v) is 3.92. The van der Waals surface area contributed by atoms with Gasteiger partial charge < -0.3 is 15.8 Å². The normalized spacial score (nSPS) is 17.8. The number of amides is 1. The second-order valence-electron chi connectivity index (χ2n) is 6.88. The second kappa shape index (κ2) is 6.18. The van der Waals surface area contributed by atoms with Crippen molar-refractivity contribution in [3.8, 4) is 0 Å². The molecule has 22 heavy (non-hydrogen) atoms. The number of ketones is 1. The van der Waals surface area contributed by atoms with Gasteiger partial charge in [-0.3, -0.25) is 9.59 Å². The van der Waals surface area contributed by atoms with Crippen LogP contribution in [0.15, 0.2) is 24.3 Å². The highest BCUT2D eigenvalue weighted by Gasteiger charge is 2.35. The first-order valence-corrected chi connectivity index (χ1v) is 7.55. The standard InChI is InChI=1S/C17H24N2O3/c1-16(2,3)14(20)12-4-6-13(7-5-12)19-15(21)17(18)8-10-22-11-9-17/h4-7H,8-11,18H2,1-3H3,(H,19,21). The molecule has 0 aromatic heterocycles. The molecule has 0 radical (unpaired) electrons. The third-order valence-electron chi connectivity index (χ3n) is 3.92. The lowest BCUT2D eigenvalue weighted by molar-refractivity contribution is -0.124. The van der Waals surface area contributed by atoms with Crippen LogP contribution in [0.2, 0.25) is 0 Å². The molecule has 1 saturated heterocycles. The third kappa shape index (κ3) is 3.72. The fourth-order valence-electron chi connectivity index (χ4n) is 2.36. The van der Waals surface area contributed by atoms with Gasteiger partial charge in [0, 0.05) is 29.9 Å². The molecule has 1 aliphatic heterocycles. The van der Waals surface area contributed by atoms with Gasteiger partial charge in [0.05, 0.1) is 0 Å². The van der Waals surface area contributed by atoms with Gasteiger partial charge in [-0.1, -0.05) is 20.8 Å². The summed E-state index contributed by atoms with van der Waals surface area (Å²) in [6.07, 6.45) is 1.03. The van der Waals surface area contributed by atoms with Crippen LogP contribution in [-0.2, 0) is 9.53 Å². The molecule has 0 bridgehead atoms. The van der Waals surface area contributed by atoms with Crippen LogP contribution in [0.5, 0.6) is 0 Å². The van der Waals surface area contributed by atoms with Crippen molar-refractivity contribution in [3.63, 3.8) is 0 Å². The number of benzene rings is 1. The van der Waals surface area contributed by atoms with Crippen LogP contribution in [0, 0.1) is 5.41 Å². The predicted molar refractivity (Wildman–Crippen MR) is 85.8 cm³/mol. The van der Waals surface area contributed by atoms with Gasteiger partial charge in [-0.2, -0.15) is 0 Å². The molecule has 0 spiro atoms. The summed E-state index contributed by atoms with van der Waals surface area (Å²) in [6.45, 7) is 6.66. The van der Waals surface area contributed by atoms with Crippen molar-refractivity contribution in [2.45, 2.75) is 39.2 Å². The van der Waals surface area contributed by atoms with Crippen molar-refractivity contribution < 1.29 is 14.3 Å². The minimum atomic E-state index is -0.877. The molecule has 1 aliphatic rings. The summed E-state index contributed by atoms with van der Waals surface area (Å²) in [6, 6.07) is 6.94. The van der Waals surface area contributed by atoms with E-state index in [1.807, 2.05) is 20.8 Å². The van der Waals surface area contributed by atoms with E-state index in [2.05, 4.69) is 5.32 Å². The molecule has 1 aromatic rings. The van der Waals surface area contributed by atoms with Crippen LogP contribution < -0.4 is 11.1 Å². The van der Waals surface area contributed by atoms with Crippen LogP contribution >= 0.6 is 0 Å². The van der Waals surface area contributed by atoms with E-state index in [1.165, 1.54) is 0 Å². The molecule has 0 unspecified atom stereocenters. The Morgan fingerprint density at radius 1 is 1.14 bits per heavy atom. The lowest BCUT2D eigenvalue weighted by Gasteiger charge is -2.31. The number of nitrogens with two attached hydrogens (primary N) is 1. The van der Waals surface area contributed by atoms with Crippen LogP contribution in [-0.4, -0.2) is 30.4 Å². The first kappa shape index (κ1) is 16.6. The van der Waals surface area contributed by atoms with Gasteiger partial charge in [-0.05, 0) is 37.1 Å². The van der Waals surface area contributed by atoms with Gasteiger partial charge in [0.15, 0.2) is 5.78 Å². The molecule has 120 valence electrons. The maximum absolute atomic E-state index is 12.3. The van der Waals surface area contributed by atoms with Crippen LogP contribution in [0.3, 0.4) is 0 Å². The van der Waals surface area contributed by atoms with Crippen molar-refractivity contribution in [1.82, 2.24) is 0 Å². The van der Waals surface area contributed by atoms with E-state index < -0.39 is 11.0 Å². The van der Waals surface area contributed by atoms with Gasteiger partial charge in [0.25, 0.3) is 0 Å². The Hall–Kier alpha value is -1.72. The van der Waals surface area contributed by atoms with E-state index in [-0.39, 0.29) is 11.7 Å². The Morgan fingerprint density at radius 2 is 1.68 bits per heavy atom. The number of hydrogen-bond donors (Lipinski definition) is 2. The zero-order valence-electron chi connectivity index (χ0n) is 13.4. The zero-order chi connectivity index (χ0) is 16.4. The average Bonchev–Trinajstić information content (AvgIpc) is 2.47. The van der Waals surface area contributed by atoms with E-state index in [0.29, 0.717) is 37.3 Å². The second-order valence-corrected chi connectivity index (χ2v) is 6.88. The first-order valence-electron chi connectivity index (χ1n) is 7.55. The summed E-state index contributed by atoms with van der Waals surface area (Å²) in [7, 11) is 0. The van der Waals surface area contributed by atoms with Gasteiger partial charge >= 0.3 is 0 Å². The van der Waals surface area contributed by atoms with Crippen LogP contribution in [0.4, 0.5) is 5.69 Å². The molecule has 1 fully saturated rings. The Labute approximate surface area is 131 Å². The number of anilines is 1. The number of rotatable bonds is 3. The quantitative estimate of drug-likeness (QED) is 0.840. The van der Waals surface area contributed by atoms with Crippen molar-refractivity contribution in [3.05, 3.63) is 29.8 Å². The van der Waals surface area contributed by atoms with E-state index in [9.17, 15) is 9.59 Å². The first-order chi connectivity index (χ1) is 10.2. The number of ether oxygens (including phenoxy) is 1. The van der Waals surface area contributed by atoms with E-state index >= 15 is 0 Å². The van der Waals surface area contributed by atoms with Crippen molar-refractivity contribution in [1.29, 1.82) is 0 Å². The van der Waals surface area contributed by atoms with E-state index in [0.717, 1.165) is 0 Å². The van der Waals surface area contributed by atoms with Gasteiger partial charge in [0.1, 0.15) is 5.54 Å². The summed E-state index contributed by atoms with van der Waals surface area (Å²) in [5.74, 6) is -0.129. The summed E-state index contributed by atoms with van der Waals surface area (Å²) in [4.78, 5) is 24.5. The number of Topliss-reactive ketones (excluding diaryl/α,β-unsaturated/α-hetero) is 1. The lowest BCUT2D eigenvalue weighted by atomic mass is 9.86. The van der Waals surface area contributed by atoms with Crippen LogP contribution in [0.1, 0.15) is 44.0 Å². The topological polar surface area (TPSA) is 81.4 Å². The summed E-state index contributed by atoms with van der Waals surface area (Å²) < 4.78 is 5.24. The SMILES string of the molecule is CC(C)(C)C(=O)c1ccc(NC(=O)C2(N)CCOCC2)cc1.